The van der Waals surface area contributed by atoms with E-state index in [0.717, 1.165) is 73.3 Å². The van der Waals surface area contributed by atoms with Crippen LogP contribution in [0.2, 0.25) is 10.0 Å². The summed E-state index contributed by atoms with van der Waals surface area (Å²) >= 11 is 13.0. The average molecular weight is 579 g/mol. The molecule has 1 saturated heterocycles. The highest BCUT2D eigenvalue weighted by Crippen LogP contribution is 2.43. The Morgan fingerprint density at radius 3 is 2.58 bits per heavy atom. The van der Waals surface area contributed by atoms with E-state index >= 15 is 0 Å². The molecule has 1 fully saturated rings. The molecule has 0 unspecified atom stereocenters. The van der Waals surface area contributed by atoms with Gasteiger partial charge in [-0.25, -0.2) is 0 Å². The van der Waals surface area contributed by atoms with Crippen molar-refractivity contribution in [2.75, 3.05) is 26.3 Å². The fourth-order valence-electron chi connectivity index (χ4n) is 5.82. The van der Waals surface area contributed by atoms with Gasteiger partial charge in [-0.15, -0.1) is 10.2 Å². The van der Waals surface area contributed by atoms with E-state index in [1.807, 2.05) is 36.4 Å². The Kier molecular flexibility index (Phi) is 8.14. The van der Waals surface area contributed by atoms with Crippen LogP contribution in [0, 0.1) is 0 Å². The highest BCUT2D eigenvalue weighted by Gasteiger charge is 2.25. The minimum absolute atomic E-state index is 0.121. The van der Waals surface area contributed by atoms with E-state index in [0.29, 0.717) is 22.3 Å². The number of aromatic amines is 1. The number of nitrogens with zero attached hydrogens (tertiary/aromatic N) is 4. The van der Waals surface area contributed by atoms with Gasteiger partial charge in [0.15, 0.2) is 0 Å². The minimum atomic E-state index is -0.274. The maximum absolute atomic E-state index is 12.6. The number of H-pyrrole nitrogens is 1. The fourth-order valence-corrected chi connectivity index (χ4v) is 6.34. The number of benzene rings is 3. The monoisotopic (exact) mass is 577 g/mol. The molecule has 1 aliphatic carbocycles. The number of fused-ring (bicyclic) bond motifs is 1. The number of aryl methyl sites for hydroxylation is 1. The Bertz CT molecular complexity index is 1510. The Morgan fingerprint density at radius 2 is 1.80 bits per heavy atom. The summed E-state index contributed by atoms with van der Waals surface area (Å²) in [7, 11) is 0. The summed E-state index contributed by atoms with van der Waals surface area (Å²) in [4.78, 5) is 2.27. The third-order valence-corrected chi connectivity index (χ3v) is 8.24. The molecule has 2 aliphatic rings. The normalized spacial score (nSPS) is 17.6. The molecule has 0 bridgehead atoms. The van der Waals surface area contributed by atoms with Crippen molar-refractivity contribution < 1.29 is 9.13 Å². The molecule has 0 amide bonds. The summed E-state index contributed by atoms with van der Waals surface area (Å²) in [6, 6.07) is 20.4. The van der Waals surface area contributed by atoms with E-state index in [2.05, 4.69) is 49.8 Å². The molecule has 40 heavy (non-hydrogen) atoms. The van der Waals surface area contributed by atoms with Crippen molar-refractivity contribution in [3.63, 3.8) is 0 Å². The lowest BCUT2D eigenvalue weighted by Crippen LogP contribution is -2.26. The highest BCUT2D eigenvalue weighted by atomic mass is 35.5. The van der Waals surface area contributed by atoms with Crippen LogP contribution in [0.3, 0.4) is 0 Å². The second kappa shape index (κ2) is 12.1. The molecule has 1 aromatic heterocycles. The molecule has 6 rings (SSSR count). The van der Waals surface area contributed by atoms with Crippen molar-refractivity contribution in [1.82, 2.24) is 25.5 Å². The summed E-state index contributed by atoms with van der Waals surface area (Å²) in [5.74, 6) is 1.42. The number of aromatic nitrogens is 4. The van der Waals surface area contributed by atoms with Gasteiger partial charge in [0.05, 0.1) is 6.67 Å². The largest absolute Gasteiger partial charge is 0.489 e. The second-order valence-electron chi connectivity index (χ2n) is 10.3. The number of hydrogen-bond acceptors (Lipinski definition) is 5. The van der Waals surface area contributed by atoms with Crippen molar-refractivity contribution in [1.29, 1.82) is 0 Å². The molecule has 1 aliphatic heterocycles. The van der Waals surface area contributed by atoms with Gasteiger partial charge in [0.25, 0.3) is 0 Å². The van der Waals surface area contributed by atoms with Gasteiger partial charge in [-0.05, 0) is 101 Å². The molecule has 4 aromatic rings. The fraction of sp³-hybridized carbons (Fsp3) is 0.323. The maximum atomic E-state index is 12.6. The smallest absolute Gasteiger partial charge is 0.204 e. The molecule has 3 aromatic carbocycles. The van der Waals surface area contributed by atoms with Crippen molar-refractivity contribution in [2.45, 2.75) is 38.2 Å². The Morgan fingerprint density at radius 1 is 0.975 bits per heavy atom. The molecule has 0 spiro atoms. The third kappa shape index (κ3) is 5.78. The van der Waals surface area contributed by atoms with Crippen molar-refractivity contribution in [3.8, 4) is 17.1 Å². The molecule has 9 heteroatoms. The molecule has 206 valence electrons. The molecule has 6 nitrogen and oxygen atoms in total. The van der Waals surface area contributed by atoms with Crippen molar-refractivity contribution >= 4 is 34.3 Å². The molecule has 1 N–H and O–H groups in total. The SMILES string of the molecule is FCCCN1CC[C@H](Oc2ccc(C3=C(c4ccc(Cl)cc4Cl)CCCc4cc(-c5nn[nH]n5)ccc43)cc2)C1. The van der Waals surface area contributed by atoms with Gasteiger partial charge in [0, 0.05) is 35.2 Å². The summed E-state index contributed by atoms with van der Waals surface area (Å²) in [6.07, 6.45) is 4.42. The zero-order chi connectivity index (χ0) is 27.5. The van der Waals surface area contributed by atoms with Crippen LogP contribution >= 0.6 is 23.2 Å². The van der Waals surface area contributed by atoms with Gasteiger partial charge in [-0.3, -0.25) is 9.29 Å². The summed E-state index contributed by atoms with van der Waals surface area (Å²) in [6.45, 7) is 2.29. The Hall–Kier alpha value is -3.26. The Labute approximate surface area is 243 Å². The lowest BCUT2D eigenvalue weighted by Gasteiger charge is -2.19. The molecule has 0 radical (unpaired) electrons. The lowest BCUT2D eigenvalue weighted by molar-refractivity contribution is 0.198. The van der Waals surface area contributed by atoms with Crippen LogP contribution in [0.15, 0.2) is 60.7 Å². The van der Waals surface area contributed by atoms with Crippen LogP contribution < -0.4 is 4.74 Å². The quantitative estimate of drug-likeness (QED) is 0.238. The second-order valence-corrected chi connectivity index (χ2v) is 11.2. The van der Waals surface area contributed by atoms with E-state index in [1.54, 1.807) is 0 Å². The van der Waals surface area contributed by atoms with E-state index < -0.39 is 0 Å². The van der Waals surface area contributed by atoms with Gasteiger partial charge in [-0.1, -0.05) is 53.5 Å². The first kappa shape index (κ1) is 26.9. The molecular formula is C31H30Cl2FN5O. The van der Waals surface area contributed by atoms with Crippen LogP contribution in [0.4, 0.5) is 4.39 Å². The third-order valence-electron chi connectivity index (χ3n) is 7.69. The van der Waals surface area contributed by atoms with Gasteiger partial charge < -0.3 is 4.74 Å². The van der Waals surface area contributed by atoms with Crippen molar-refractivity contribution in [3.05, 3.63) is 93.0 Å². The predicted molar refractivity (Wildman–Crippen MR) is 157 cm³/mol. The first-order valence-electron chi connectivity index (χ1n) is 13.7. The molecule has 0 saturated carbocycles. The number of likely N-dealkylation sites (tertiary alicyclic amines) is 1. The van der Waals surface area contributed by atoms with Crippen LogP contribution in [-0.2, 0) is 6.42 Å². The van der Waals surface area contributed by atoms with Gasteiger partial charge in [0.2, 0.25) is 5.82 Å². The predicted octanol–water partition coefficient (Wildman–Crippen LogP) is 7.28. The topological polar surface area (TPSA) is 66.9 Å². The lowest BCUT2D eigenvalue weighted by atomic mass is 9.87. The standard InChI is InChI=1S/C31H30Cl2FN5O/c32-23-8-12-27(29(33)18-23)28-4-1-3-21-17-22(31-35-37-38-36-31)7-11-26(21)30(28)20-5-9-24(10-6-20)40-25-13-16-39(19-25)15-2-14-34/h5-12,17-18,25H,1-4,13-16,19H2,(H,35,36,37,38)/t25-/m0/s1. The van der Waals surface area contributed by atoms with Crippen LogP contribution in [0.25, 0.3) is 22.5 Å². The number of tetrazole rings is 1. The number of rotatable bonds is 8. The van der Waals surface area contributed by atoms with Crippen LogP contribution in [0.5, 0.6) is 5.75 Å². The Balaban J connectivity index is 1.36. The molecule has 1 atom stereocenters. The number of allylic oxidation sites excluding steroid dienone is 1. The number of halogens is 3. The van der Waals surface area contributed by atoms with Crippen molar-refractivity contribution in [2.24, 2.45) is 0 Å². The summed E-state index contributed by atoms with van der Waals surface area (Å²) < 4.78 is 18.9. The van der Waals surface area contributed by atoms with E-state index in [-0.39, 0.29) is 12.8 Å². The van der Waals surface area contributed by atoms with Crippen LogP contribution in [-0.4, -0.2) is 57.9 Å². The van der Waals surface area contributed by atoms with Gasteiger partial charge >= 0.3 is 0 Å². The highest BCUT2D eigenvalue weighted by molar-refractivity contribution is 6.36. The van der Waals surface area contributed by atoms with Crippen LogP contribution in [0.1, 0.15) is 47.9 Å². The number of nitrogens with one attached hydrogen (secondary N) is 1. The number of hydrogen-bond donors (Lipinski definition) is 1. The average Bonchev–Trinajstić information content (AvgIpc) is 3.62. The zero-order valence-corrected chi connectivity index (χ0v) is 23.6. The van der Waals surface area contributed by atoms with E-state index in [9.17, 15) is 4.39 Å². The maximum Gasteiger partial charge on any atom is 0.204 e. The molecular weight excluding hydrogens is 548 g/mol. The number of ether oxygens (including phenoxy) is 1. The first-order chi connectivity index (χ1) is 19.6. The zero-order valence-electron chi connectivity index (χ0n) is 22.0. The number of alkyl halides is 1. The van der Waals surface area contributed by atoms with E-state index in [1.165, 1.54) is 16.7 Å². The van der Waals surface area contributed by atoms with E-state index in [4.69, 9.17) is 27.9 Å². The van der Waals surface area contributed by atoms with Gasteiger partial charge in [0.1, 0.15) is 11.9 Å². The first-order valence-corrected chi connectivity index (χ1v) is 14.5. The minimum Gasteiger partial charge on any atom is -0.489 e. The van der Waals surface area contributed by atoms with Gasteiger partial charge in [-0.2, -0.15) is 5.21 Å². The summed E-state index contributed by atoms with van der Waals surface area (Å²) in [5, 5.41) is 15.9. The summed E-state index contributed by atoms with van der Waals surface area (Å²) in [5.41, 5.74) is 7.77. The molecule has 2 heterocycles.